The Morgan fingerprint density at radius 2 is 1.85 bits per heavy atom. The largest absolute Gasteiger partial charge is 0.493 e. The Hall–Kier alpha value is -2.54. The number of halogens is 1. The molecule has 0 bridgehead atoms. The summed E-state index contributed by atoms with van der Waals surface area (Å²) in [6, 6.07) is 10.9. The first-order valence-electron chi connectivity index (χ1n) is 8.02. The van der Waals surface area contributed by atoms with E-state index in [0.717, 1.165) is 15.6 Å². The minimum atomic E-state index is -0.235. The molecule has 138 valence electrons. The number of hydrogen-bond donors (Lipinski definition) is 1. The van der Waals surface area contributed by atoms with E-state index in [9.17, 15) is 4.79 Å². The fourth-order valence-electron chi connectivity index (χ4n) is 2.30. The molecule has 2 aromatic carbocycles. The molecule has 1 N–H and O–H groups in total. The SMILES string of the molecule is CCOc1ccc(Br)cc1C=NNC(=O)Cc1ccc(OC)c(OC)c1. The highest BCUT2D eigenvalue weighted by Crippen LogP contribution is 2.27. The van der Waals surface area contributed by atoms with Gasteiger partial charge in [0.2, 0.25) is 5.91 Å². The third kappa shape index (κ3) is 5.49. The van der Waals surface area contributed by atoms with Crippen molar-refractivity contribution in [3.63, 3.8) is 0 Å². The summed E-state index contributed by atoms with van der Waals surface area (Å²) in [5.74, 6) is 1.67. The van der Waals surface area contributed by atoms with Crippen LogP contribution in [0.25, 0.3) is 0 Å². The summed E-state index contributed by atoms with van der Waals surface area (Å²) in [7, 11) is 3.12. The van der Waals surface area contributed by atoms with Gasteiger partial charge in [-0.05, 0) is 42.8 Å². The van der Waals surface area contributed by atoms with E-state index in [-0.39, 0.29) is 12.3 Å². The van der Waals surface area contributed by atoms with Gasteiger partial charge in [0.05, 0.1) is 33.5 Å². The zero-order chi connectivity index (χ0) is 18.9. The van der Waals surface area contributed by atoms with E-state index < -0.39 is 0 Å². The van der Waals surface area contributed by atoms with Crippen LogP contribution < -0.4 is 19.6 Å². The minimum Gasteiger partial charge on any atom is -0.493 e. The van der Waals surface area contributed by atoms with Crippen molar-refractivity contribution in [3.05, 3.63) is 52.0 Å². The molecule has 0 atom stereocenters. The topological polar surface area (TPSA) is 69.2 Å². The molecule has 2 rings (SSSR count). The number of hydrazone groups is 1. The number of rotatable bonds is 8. The summed E-state index contributed by atoms with van der Waals surface area (Å²) >= 11 is 3.41. The Kier molecular flexibility index (Phi) is 7.47. The van der Waals surface area contributed by atoms with Gasteiger partial charge in [-0.3, -0.25) is 4.79 Å². The van der Waals surface area contributed by atoms with E-state index in [2.05, 4.69) is 26.5 Å². The van der Waals surface area contributed by atoms with Gasteiger partial charge in [-0.2, -0.15) is 5.10 Å². The molecule has 0 aromatic heterocycles. The summed E-state index contributed by atoms with van der Waals surface area (Å²) in [4.78, 5) is 12.1. The third-order valence-corrected chi connectivity index (χ3v) is 3.97. The maximum atomic E-state index is 12.1. The van der Waals surface area contributed by atoms with E-state index in [1.54, 1.807) is 32.6 Å². The lowest BCUT2D eigenvalue weighted by molar-refractivity contribution is -0.120. The number of nitrogens with one attached hydrogen (secondary N) is 1. The number of methoxy groups -OCH3 is 2. The van der Waals surface area contributed by atoms with Crippen LogP contribution in [-0.4, -0.2) is 32.9 Å². The van der Waals surface area contributed by atoms with Crippen LogP contribution in [0.3, 0.4) is 0 Å². The lowest BCUT2D eigenvalue weighted by Gasteiger charge is -2.09. The second-order valence-corrected chi connectivity index (χ2v) is 6.19. The molecule has 0 aliphatic rings. The summed E-state index contributed by atoms with van der Waals surface area (Å²) in [6.07, 6.45) is 1.73. The normalized spacial score (nSPS) is 10.6. The highest BCUT2D eigenvalue weighted by atomic mass is 79.9. The zero-order valence-corrected chi connectivity index (χ0v) is 16.5. The number of benzene rings is 2. The maximum absolute atomic E-state index is 12.1. The number of carbonyl (C=O) groups is 1. The molecule has 1 amide bonds. The van der Waals surface area contributed by atoms with Gasteiger partial charge in [0.25, 0.3) is 0 Å². The van der Waals surface area contributed by atoms with E-state index in [1.165, 1.54) is 0 Å². The molecule has 0 aliphatic carbocycles. The standard InChI is InChI=1S/C19H21BrN2O4/c1-4-26-16-8-6-15(20)11-14(16)12-21-22-19(23)10-13-5-7-17(24-2)18(9-13)25-3/h5-9,11-12H,4,10H2,1-3H3,(H,22,23). The zero-order valence-electron chi connectivity index (χ0n) is 14.9. The van der Waals surface area contributed by atoms with Crippen LogP contribution in [0.4, 0.5) is 0 Å². The molecule has 0 saturated carbocycles. The molecule has 0 fully saturated rings. The van der Waals surface area contributed by atoms with Crippen LogP contribution in [0, 0.1) is 0 Å². The van der Waals surface area contributed by atoms with Crippen LogP contribution in [0.1, 0.15) is 18.1 Å². The van der Waals surface area contributed by atoms with Gasteiger partial charge in [-0.1, -0.05) is 22.0 Å². The third-order valence-electron chi connectivity index (χ3n) is 3.48. The Bertz CT molecular complexity index is 793. The van der Waals surface area contributed by atoms with Crippen LogP contribution in [0.5, 0.6) is 17.2 Å². The molecule has 0 unspecified atom stereocenters. The molecule has 0 spiro atoms. The smallest absolute Gasteiger partial charge is 0.244 e. The van der Waals surface area contributed by atoms with Gasteiger partial charge in [-0.25, -0.2) is 5.43 Å². The van der Waals surface area contributed by atoms with Crippen molar-refractivity contribution in [1.82, 2.24) is 5.43 Å². The molecular formula is C19H21BrN2O4. The van der Waals surface area contributed by atoms with Gasteiger partial charge >= 0.3 is 0 Å². The van der Waals surface area contributed by atoms with Crippen molar-refractivity contribution in [2.45, 2.75) is 13.3 Å². The first kappa shape index (κ1) is 19.8. The van der Waals surface area contributed by atoms with Crippen molar-refractivity contribution >= 4 is 28.1 Å². The predicted molar refractivity (Wildman–Crippen MR) is 104 cm³/mol. The fraction of sp³-hybridized carbons (Fsp3) is 0.263. The van der Waals surface area contributed by atoms with Crippen molar-refractivity contribution in [2.75, 3.05) is 20.8 Å². The van der Waals surface area contributed by atoms with Crippen molar-refractivity contribution in [1.29, 1.82) is 0 Å². The first-order chi connectivity index (χ1) is 12.6. The molecule has 0 heterocycles. The summed E-state index contributed by atoms with van der Waals surface area (Å²) in [5, 5.41) is 4.02. The summed E-state index contributed by atoms with van der Waals surface area (Å²) < 4.78 is 16.9. The summed E-state index contributed by atoms with van der Waals surface area (Å²) in [6.45, 7) is 2.46. The summed E-state index contributed by atoms with van der Waals surface area (Å²) in [5.41, 5.74) is 4.09. The molecule has 26 heavy (non-hydrogen) atoms. The average molecular weight is 421 g/mol. The van der Waals surface area contributed by atoms with E-state index in [4.69, 9.17) is 14.2 Å². The van der Waals surface area contributed by atoms with Crippen molar-refractivity contribution < 1.29 is 19.0 Å². The van der Waals surface area contributed by atoms with Crippen LogP contribution in [-0.2, 0) is 11.2 Å². The number of hydrogen-bond acceptors (Lipinski definition) is 5. The van der Waals surface area contributed by atoms with E-state index >= 15 is 0 Å². The van der Waals surface area contributed by atoms with Gasteiger partial charge in [0.15, 0.2) is 11.5 Å². The second-order valence-electron chi connectivity index (χ2n) is 5.27. The van der Waals surface area contributed by atoms with Crippen molar-refractivity contribution in [2.24, 2.45) is 5.10 Å². The second kappa shape index (κ2) is 9.82. The lowest BCUT2D eigenvalue weighted by Crippen LogP contribution is -2.19. The number of ether oxygens (including phenoxy) is 3. The Labute approximate surface area is 161 Å². The molecule has 6 nitrogen and oxygen atoms in total. The van der Waals surface area contributed by atoms with Crippen molar-refractivity contribution in [3.8, 4) is 17.2 Å². The maximum Gasteiger partial charge on any atom is 0.244 e. The minimum absolute atomic E-state index is 0.175. The van der Waals surface area contributed by atoms with E-state index in [0.29, 0.717) is 23.9 Å². The quantitative estimate of drug-likeness (QED) is 0.523. The van der Waals surface area contributed by atoms with E-state index in [1.807, 2.05) is 31.2 Å². The highest BCUT2D eigenvalue weighted by Gasteiger charge is 2.08. The molecule has 7 heteroatoms. The molecule has 0 aliphatic heterocycles. The Morgan fingerprint density at radius 3 is 2.54 bits per heavy atom. The van der Waals surface area contributed by atoms with Crippen LogP contribution in [0.15, 0.2) is 46.0 Å². The number of nitrogens with zero attached hydrogens (tertiary/aromatic N) is 1. The number of amides is 1. The van der Waals surface area contributed by atoms with Gasteiger partial charge in [0.1, 0.15) is 5.75 Å². The lowest BCUT2D eigenvalue weighted by atomic mass is 10.1. The van der Waals surface area contributed by atoms with Crippen LogP contribution in [0.2, 0.25) is 0 Å². The fourth-order valence-corrected chi connectivity index (χ4v) is 2.68. The molecule has 0 radical (unpaired) electrons. The van der Waals surface area contributed by atoms with Gasteiger partial charge in [-0.15, -0.1) is 0 Å². The monoisotopic (exact) mass is 420 g/mol. The Balaban J connectivity index is 2.01. The van der Waals surface area contributed by atoms with Gasteiger partial charge in [0, 0.05) is 10.0 Å². The average Bonchev–Trinajstić information content (AvgIpc) is 2.63. The predicted octanol–water partition coefficient (Wildman–Crippen LogP) is 3.56. The first-order valence-corrected chi connectivity index (χ1v) is 8.81. The number of carbonyl (C=O) groups excluding carboxylic acids is 1. The van der Waals surface area contributed by atoms with Gasteiger partial charge < -0.3 is 14.2 Å². The molecular weight excluding hydrogens is 400 g/mol. The Morgan fingerprint density at radius 1 is 1.12 bits per heavy atom. The van der Waals surface area contributed by atoms with Crippen LogP contribution >= 0.6 is 15.9 Å². The highest BCUT2D eigenvalue weighted by molar-refractivity contribution is 9.10. The molecule has 0 saturated heterocycles. The molecule has 2 aromatic rings.